The van der Waals surface area contributed by atoms with E-state index in [0.29, 0.717) is 9.90 Å². The van der Waals surface area contributed by atoms with E-state index >= 15 is 0 Å². The van der Waals surface area contributed by atoms with Crippen molar-refractivity contribution in [1.82, 2.24) is 10.3 Å². The molecule has 0 unspecified atom stereocenters. The van der Waals surface area contributed by atoms with Gasteiger partial charge in [0.05, 0.1) is 11.7 Å². The van der Waals surface area contributed by atoms with Crippen molar-refractivity contribution in [3.05, 3.63) is 62.2 Å². The fourth-order valence-electron chi connectivity index (χ4n) is 2.21. The third-order valence-corrected chi connectivity index (χ3v) is 5.63. The third-order valence-electron chi connectivity index (χ3n) is 3.49. The van der Waals surface area contributed by atoms with Gasteiger partial charge in [0.1, 0.15) is 9.88 Å². The summed E-state index contributed by atoms with van der Waals surface area (Å²) in [5, 5.41) is 8.64. The molecule has 3 aromatic rings. The van der Waals surface area contributed by atoms with Crippen LogP contribution >= 0.6 is 34.3 Å². The van der Waals surface area contributed by atoms with Crippen molar-refractivity contribution in [2.24, 2.45) is 0 Å². The Balaban J connectivity index is 1.77. The molecule has 0 aliphatic carbocycles. The number of hydrogen-bond donors (Lipinski definition) is 1. The van der Waals surface area contributed by atoms with Crippen molar-refractivity contribution >= 4 is 40.2 Å². The number of amides is 1. The second kappa shape index (κ2) is 6.83. The first-order valence-electron chi connectivity index (χ1n) is 7.11. The number of nitrogens with one attached hydrogen (secondary N) is 1. The Labute approximate surface area is 148 Å². The molecule has 0 aliphatic heterocycles. The smallest absolute Gasteiger partial charge is 0.263 e. The zero-order chi connectivity index (χ0) is 16.4. The number of halogens is 1. The highest BCUT2D eigenvalue weighted by Crippen LogP contribution is 2.29. The lowest BCUT2D eigenvalue weighted by atomic mass is 10.1. The van der Waals surface area contributed by atoms with E-state index in [1.54, 1.807) is 11.3 Å². The van der Waals surface area contributed by atoms with Crippen molar-refractivity contribution in [2.75, 3.05) is 0 Å². The molecule has 1 amide bonds. The molecule has 2 aromatic heterocycles. The van der Waals surface area contributed by atoms with Crippen LogP contribution in [0.5, 0.6) is 0 Å². The number of carbonyl (C=O) groups is 1. The Morgan fingerprint density at radius 2 is 2.00 bits per heavy atom. The van der Waals surface area contributed by atoms with E-state index in [1.165, 1.54) is 11.3 Å². The lowest BCUT2D eigenvalue weighted by Crippen LogP contribution is -2.26. The second-order valence-corrected chi connectivity index (χ2v) is 7.41. The molecule has 0 bridgehead atoms. The molecule has 0 fully saturated rings. The molecule has 23 heavy (non-hydrogen) atoms. The summed E-state index contributed by atoms with van der Waals surface area (Å²) in [5.74, 6) is -0.0936. The van der Waals surface area contributed by atoms with Gasteiger partial charge in [0.15, 0.2) is 0 Å². The SMILES string of the molecule is Cc1nc(-c2ccsc2)sc1C(=O)N[C@@H](C)c1ccc(Cl)cc1. The Bertz CT molecular complexity index is 810. The topological polar surface area (TPSA) is 42.0 Å². The Kier molecular flexibility index (Phi) is 4.80. The van der Waals surface area contributed by atoms with Crippen molar-refractivity contribution in [3.63, 3.8) is 0 Å². The molecular weight excluding hydrogens is 348 g/mol. The molecule has 0 saturated heterocycles. The minimum atomic E-state index is -0.0936. The minimum absolute atomic E-state index is 0.0918. The molecule has 3 nitrogen and oxygen atoms in total. The molecule has 2 heterocycles. The number of rotatable bonds is 4. The van der Waals surface area contributed by atoms with Crippen LogP contribution < -0.4 is 5.32 Å². The Hall–Kier alpha value is -1.69. The summed E-state index contributed by atoms with van der Waals surface area (Å²) in [6.07, 6.45) is 0. The predicted octanol–water partition coefficient (Wildman–Crippen LogP) is 5.32. The molecule has 3 rings (SSSR count). The van der Waals surface area contributed by atoms with E-state index in [-0.39, 0.29) is 11.9 Å². The standard InChI is InChI=1S/C17H15ClN2OS2/c1-10(12-3-5-14(18)6-4-12)19-16(21)15-11(2)20-17(23-15)13-7-8-22-9-13/h3-10H,1-2H3,(H,19,21)/t10-/m0/s1. The summed E-state index contributed by atoms with van der Waals surface area (Å²) in [6.45, 7) is 3.82. The van der Waals surface area contributed by atoms with Gasteiger partial charge < -0.3 is 5.32 Å². The van der Waals surface area contributed by atoms with Gasteiger partial charge in [-0.15, -0.1) is 11.3 Å². The Morgan fingerprint density at radius 1 is 1.26 bits per heavy atom. The third kappa shape index (κ3) is 3.63. The molecule has 1 atom stereocenters. The van der Waals surface area contributed by atoms with E-state index in [2.05, 4.69) is 10.3 Å². The maximum absolute atomic E-state index is 12.5. The van der Waals surface area contributed by atoms with Crippen molar-refractivity contribution < 1.29 is 4.79 Å². The summed E-state index contributed by atoms with van der Waals surface area (Å²) in [7, 11) is 0. The number of carbonyl (C=O) groups excluding carboxylic acids is 1. The van der Waals surface area contributed by atoms with Gasteiger partial charge in [0.25, 0.3) is 5.91 Å². The van der Waals surface area contributed by atoms with Crippen LogP contribution in [0.25, 0.3) is 10.6 Å². The summed E-state index contributed by atoms with van der Waals surface area (Å²) in [4.78, 5) is 17.7. The number of thiazole rings is 1. The first-order chi connectivity index (χ1) is 11.0. The van der Waals surface area contributed by atoms with Gasteiger partial charge in [-0.2, -0.15) is 11.3 Å². The van der Waals surface area contributed by atoms with E-state index < -0.39 is 0 Å². The van der Waals surface area contributed by atoms with Gasteiger partial charge >= 0.3 is 0 Å². The van der Waals surface area contributed by atoms with Crippen LogP contribution in [0.2, 0.25) is 5.02 Å². The molecule has 0 radical (unpaired) electrons. The zero-order valence-electron chi connectivity index (χ0n) is 12.7. The molecule has 118 valence electrons. The van der Waals surface area contributed by atoms with Crippen LogP contribution in [0.1, 0.15) is 33.9 Å². The molecular formula is C17H15ClN2OS2. The average Bonchev–Trinajstić information content (AvgIpc) is 3.16. The van der Waals surface area contributed by atoms with Crippen LogP contribution in [-0.2, 0) is 0 Å². The van der Waals surface area contributed by atoms with Crippen LogP contribution in [0.15, 0.2) is 41.1 Å². The summed E-state index contributed by atoms with van der Waals surface area (Å²) in [5.41, 5.74) is 2.84. The number of benzene rings is 1. The van der Waals surface area contributed by atoms with Crippen molar-refractivity contribution in [3.8, 4) is 10.6 Å². The highest BCUT2D eigenvalue weighted by Gasteiger charge is 2.18. The zero-order valence-corrected chi connectivity index (χ0v) is 15.1. The molecule has 0 saturated carbocycles. The summed E-state index contributed by atoms with van der Waals surface area (Å²) in [6, 6.07) is 9.41. The van der Waals surface area contributed by atoms with Gasteiger partial charge in [-0.1, -0.05) is 23.7 Å². The average molecular weight is 363 g/mol. The first-order valence-corrected chi connectivity index (χ1v) is 9.24. The van der Waals surface area contributed by atoms with Gasteiger partial charge in [0, 0.05) is 16.0 Å². The minimum Gasteiger partial charge on any atom is -0.345 e. The molecule has 6 heteroatoms. The normalized spacial score (nSPS) is 12.1. The number of hydrogen-bond acceptors (Lipinski definition) is 4. The quantitative estimate of drug-likeness (QED) is 0.682. The highest BCUT2D eigenvalue weighted by atomic mass is 35.5. The van der Waals surface area contributed by atoms with Gasteiger partial charge in [-0.25, -0.2) is 4.98 Å². The number of aromatic nitrogens is 1. The summed E-state index contributed by atoms with van der Waals surface area (Å²) < 4.78 is 0. The van der Waals surface area contributed by atoms with Crippen LogP contribution in [0, 0.1) is 6.92 Å². The van der Waals surface area contributed by atoms with Gasteiger partial charge in [0.2, 0.25) is 0 Å². The van der Waals surface area contributed by atoms with Crippen LogP contribution in [0.4, 0.5) is 0 Å². The van der Waals surface area contributed by atoms with Crippen molar-refractivity contribution in [1.29, 1.82) is 0 Å². The van der Waals surface area contributed by atoms with E-state index in [0.717, 1.165) is 21.8 Å². The predicted molar refractivity (Wildman–Crippen MR) is 97.5 cm³/mol. The maximum atomic E-state index is 12.5. The lowest BCUT2D eigenvalue weighted by Gasteiger charge is -2.13. The van der Waals surface area contributed by atoms with E-state index in [1.807, 2.05) is 54.9 Å². The van der Waals surface area contributed by atoms with Gasteiger partial charge in [-0.3, -0.25) is 4.79 Å². The van der Waals surface area contributed by atoms with Crippen molar-refractivity contribution in [2.45, 2.75) is 19.9 Å². The monoisotopic (exact) mass is 362 g/mol. The van der Waals surface area contributed by atoms with Crippen LogP contribution in [-0.4, -0.2) is 10.9 Å². The maximum Gasteiger partial charge on any atom is 0.263 e. The second-order valence-electron chi connectivity index (χ2n) is 5.19. The largest absolute Gasteiger partial charge is 0.345 e. The Morgan fingerprint density at radius 3 is 2.65 bits per heavy atom. The lowest BCUT2D eigenvalue weighted by molar-refractivity contribution is 0.0943. The van der Waals surface area contributed by atoms with Gasteiger partial charge in [-0.05, 0) is 43.0 Å². The molecule has 1 N–H and O–H groups in total. The first kappa shape index (κ1) is 16.2. The fourth-order valence-corrected chi connectivity index (χ4v) is 4.02. The van der Waals surface area contributed by atoms with Crippen LogP contribution in [0.3, 0.4) is 0 Å². The number of thiophene rings is 1. The highest BCUT2D eigenvalue weighted by molar-refractivity contribution is 7.17. The fraction of sp³-hybridized carbons (Fsp3) is 0.176. The molecule has 0 aliphatic rings. The molecule has 0 spiro atoms. The number of nitrogens with zero attached hydrogens (tertiary/aromatic N) is 1. The van der Waals surface area contributed by atoms with E-state index in [4.69, 9.17) is 11.6 Å². The molecule has 1 aromatic carbocycles. The number of aryl methyl sites for hydroxylation is 1. The van der Waals surface area contributed by atoms with E-state index in [9.17, 15) is 4.79 Å². The summed E-state index contributed by atoms with van der Waals surface area (Å²) >= 11 is 8.95.